The summed E-state index contributed by atoms with van der Waals surface area (Å²) in [6, 6.07) is 3.24. The van der Waals surface area contributed by atoms with Crippen LogP contribution in [0.2, 0.25) is 0 Å². The highest BCUT2D eigenvalue weighted by Crippen LogP contribution is 2.16. The molecular formula is C11H14N4O2. The van der Waals surface area contributed by atoms with E-state index in [1.54, 1.807) is 20.2 Å². The minimum atomic E-state index is -0.0842. The predicted octanol–water partition coefficient (Wildman–Crippen LogP) is 0.387. The molecule has 90 valence electrons. The van der Waals surface area contributed by atoms with E-state index < -0.39 is 0 Å². The van der Waals surface area contributed by atoms with Gasteiger partial charge in [0.2, 0.25) is 0 Å². The molecule has 0 spiro atoms. The minimum absolute atomic E-state index is 0.0842. The summed E-state index contributed by atoms with van der Waals surface area (Å²) in [6.45, 7) is 1.25. The number of methoxy groups -OCH3 is 1. The molecule has 6 heteroatoms. The number of anilines is 1. The molecule has 0 atom stereocenters. The molecule has 0 fully saturated rings. The summed E-state index contributed by atoms with van der Waals surface area (Å²) < 4.78 is 6.46. The zero-order valence-corrected chi connectivity index (χ0v) is 9.80. The van der Waals surface area contributed by atoms with E-state index in [1.165, 1.54) is 17.0 Å². The van der Waals surface area contributed by atoms with Crippen LogP contribution in [0.3, 0.4) is 0 Å². The van der Waals surface area contributed by atoms with Gasteiger partial charge >= 0.3 is 0 Å². The first kappa shape index (κ1) is 11.5. The Morgan fingerprint density at radius 1 is 1.41 bits per heavy atom. The average Bonchev–Trinajstić information content (AvgIpc) is 2.35. The van der Waals surface area contributed by atoms with Gasteiger partial charge in [-0.15, -0.1) is 0 Å². The van der Waals surface area contributed by atoms with Crippen LogP contribution in [0, 0.1) is 0 Å². The fourth-order valence-electron chi connectivity index (χ4n) is 1.59. The SMILES string of the molecule is COCCNc1ncnc2c1ccc(=O)n2C. The Kier molecular flexibility index (Phi) is 3.34. The third-order valence-corrected chi connectivity index (χ3v) is 2.50. The second kappa shape index (κ2) is 4.92. The molecular weight excluding hydrogens is 220 g/mol. The second-order valence-electron chi connectivity index (χ2n) is 3.61. The van der Waals surface area contributed by atoms with Gasteiger partial charge in [0.15, 0.2) is 0 Å². The highest BCUT2D eigenvalue weighted by molar-refractivity contribution is 5.86. The monoisotopic (exact) mass is 234 g/mol. The summed E-state index contributed by atoms with van der Waals surface area (Å²) in [5, 5.41) is 3.97. The Morgan fingerprint density at radius 2 is 2.24 bits per heavy atom. The van der Waals surface area contributed by atoms with Crippen LogP contribution in [0.15, 0.2) is 23.3 Å². The van der Waals surface area contributed by atoms with E-state index in [9.17, 15) is 4.79 Å². The molecule has 2 heterocycles. The highest BCUT2D eigenvalue weighted by Gasteiger charge is 2.05. The topological polar surface area (TPSA) is 69.0 Å². The molecule has 0 radical (unpaired) electrons. The van der Waals surface area contributed by atoms with E-state index in [4.69, 9.17) is 4.74 Å². The minimum Gasteiger partial charge on any atom is -0.383 e. The van der Waals surface area contributed by atoms with Gasteiger partial charge in [-0.2, -0.15) is 0 Å². The first-order valence-corrected chi connectivity index (χ1v) is 5.27. The van der Waals surface area contributed by atoms with E-state index in [0.717, 1.165) is 5.39 Å². The average molecular weight is 234 g/mol. The largest absolute Gasteiger partial charge is 0.383 e. The lowest BCUT2D eigenvalue weighted by Crippen LogP contribution is -2.17. The van der Waals surface area contributed by atoms with E-state index in [2.05, 4.69) is 15.3 Å². The maximum absolute atomic E-state index is 11.5. The maximum Gasteiger partial charge on any atom is 0.251 e. The highest BCUT2D eigenvalue weighted by atomic mass is 16.5. The molecule has 0 saturated heterocycles. The van der Waals surface area contributed by atoms with Crippen LogP contribution in [0.4, 0.5) is 5.82 Å². The van der Waals surface area contributed by atoms with Gasteiger partial charge in [-0.25, -0.2) is 9.97 Å². The van der Waals surface area contributed by atoms with Crippen molar-refractivity contribution in [1.29, 1.82) is 0 Å². The van der Waals surface area contributed by atoms with Crippen molar-refractivity contribution in [3.8, 4) is 0 Å². The van der Waals surface area contributed by atoms with Gasteiger partial charge in [-0.1, -0.05) is 0 Å². The fraction of sp³-hybridized carbons (Fsp3) is 0.364. The quantitative estimate of drug-likeness (QED) is 0.775. The Morgan fingerprint density at radius 3 is 3.00 bits per heavy atom. The van der Waals surface area contributed by atoms with Gasteiger partial charge in [-0.05, 0) is 6.07 Å². The fourth-order valence-corrected chi connectivity index (χ4v) is 1.59. The first-order valence-electron chi connectivity index (χ1n) is 5.27. The van der Waals surface area contributed by atoms with Crippen LogP contribution < -0.4 is 10.9 Å². The molecule has 0 bridgehead atoms. The number of hydrogen-bond donors (Lipinski definition) is 1. The number of fused-ring (bicyclic) bond motifs is 1. The molecule has 0 aliphatic rings. The van der Waals surface area contributed by atoms with Crippen molar-refractivity contribution in [2.24, 2.45) is 7.05 Å². The molecule has 17 heavy (non-hydrogen) atoms. The Balaban J connectivity index is 2.44. The predicted molar refractivity (Wildman–Crippen MR) is 65.1 cm³/mol. The number of pyridine rings is 1. The number of hydrogen-bond acceptors (Lipinski definition) is 5. The number of nitrogens with zero attached hydrogens (tertiary/aromatic N) is 3. The molecule has 0 aliphatic carbocycles. The summed E-state index contributed by atoms with van der Waals surface area (Å²) in [6.07, 6.45) is 1.44. The third kappa shape index (κ3) is 2.26. The maximum atomic E-state index is 11.5. The number of ether oxygens (including phenoxy) is 1. The summed E-state index contributed by atoms with van der Waals surface area (Å²) in [7, 11) is 3.33. The van der Waals surface area contributed by atoms with Gasteiger partial charge < -0.3 is 10.1 Å². The number of aryl methyl sites for hydroxylation is 1. The van der Waals surface area contributed by atoms with Crippen molar-refractivity contribution in [2.75, 3.05) is 25.6 Å². The third-order valence-electron chi connectivity index (χ3n) is 2.50. The van der Waals surface area contributed by atoms with Crippen LogP contribution in [-0.4, -0.2) is 34.8 Å². The van der Waals surface area contributed by atoms with Crippen LogP contribution in [0.5, 0.6) is 0 Å². The molecule has 2 rings (SSSR count). The lowest BCUT2D eigenvalue weighted by atomic mass is 10.3. The summed E-state index contributed by atoms with van der Waals surface area (Å²) in [5.74, 6) is 0.711. The molecule has 6 nitrogen and oxygen atoms in total. The Labute approximate surface area is 98.3 Å². The van der Waals surface area contributed by atoms with Crippen LogP contribution >= 0.6 is 0 Å². The van der Waals surface area contributed by atoms with Crippen LogP contribution in [-0.2, 0) is 11.8 Å². The molecule has 0 aromatic carbocycles. The molecule has 1 N–H and O–H groups in total. The number of rotatable bonds is 4. The standard InChI is InChI=1S/C11H14N4O2/c1-15-9(16)4-3-8-10(12-5-6-17-2)13-7-14-11(8)15/h3-4,7H,5-6H2,1-2H3,(H,12,13,14). The van der Waals surface area contributed by atoms with Crippen LogP contribution in [0.25, 0.3) is 11.0 Å². The van der Waals surface area contributed by atoms with E-state index in [-0.39, 0.29) is 5.56 Å². The van der Waals surface area contributed by atoms with Crippen molar-refractivity contribution < 1.29 is 4.74 Å². The number of nitrogens with one attached hydrogen (secondary N) is 1. The Hall–Kier alpha value is -1.95. The van der Waals surface area contributed by atoms with E-state index in [1.807, 2.05) is 0 Å². The molecule has 2 aromatic rings. The van der Waals surface area contributed by atoms with Gasteiger partial charge in [0.1, 0.15) is 17.8 Å². The number of aromatic nitrogens is 3. The van der Waals surface area contributed by atoms with Crippen molar-refractivity contribution >= 4 is 16.9 Å². The van der Waals surface area contributed by atoms with Crippen LogP contribution in [0.1, 0.15) is 0 Å². The summed E-state index contributed by atoms with van der Waals surface area (Å²) >= 11 is 0. The Bertz CT molecular complexity index is 579. The lowest BCUT2D eigenvalue weighted by molar-refractivity contribution is 0.210. The molecule has 0 aliphatic heterocycles. The zero-order chi connectivity index (χ0) is 12.3. The van der Waals surface area contributed by atoms with Gasteiger partial charge in [0.25, 0.3) is 5.56 Å². The summed E-state index contributed by atoms with van der Waals surface area (Å²) in [5.41, 5.74) is 0.534. The first-order chi connectivity index (χ1) is 8.24. The molecule has 0 unspecified atom stereocenters. The van der Waals surface area contributed by atoms with Crippen molar-refractivity contribution in [1.82, 2.24) is 14.5 Å². The second-order valence-corrected chi connectivity index (χ2v) is 3.61. The lowest BCUT2D eigenvalue weighted by Gasteiger charge is -2.09. The van der Waals surface area contributed by atoms with Gasteiger partial charge in [0, 0.05) is 26.8 Å². The van der Waals surface area contributed by atoms with Crippen molar-refractivity contribution in [2.45, 2.75) is 0 Å². The van der Waals surface area contributed by atoms with Gasteiger partial charge in [-0.3, -0.25) is 9.36 Å². The molecule has 2 aromatic heterocycles. The van der Waals surface area contributed by atoms with E-state index >= 15 is 0 Å². The summed E-state index contributed by atoms with van der Waals surface area (Å²) in [4.78, 5) is 19.7. The molecule has 0 amide bonds. The van der Waals surface area contributed by atoms with E-state index in [0.29, 0.717) is 24.6 Å². The van der Waals surface area contributed by atoms with Crippen molar-refractivity contribution in [3.05, 3.63) is 28.8 Å². The normalized spacial score (nSPS) is 10.7. The van der Waals surface area contributed by atoms with Crippen molar-refractivity contribution in [3.63, 3.8) is 0 Å². The molecule has 0 saturated carbocycles. The van der Waals surface area contributed by atoms with Gasteiger partial charge in [0.05, 0.1) is 12.0 Å². The smallest absolute Gasteiger partial charge is 0.251 e. The zero-order valence-electron chi connectivity index (χ0n) is 9.80.